The van der Waals surface area contributed by atoms with Crippen molar-refractivity contribution in [3.63, 3.8) is 0 Å². The van der Waals surface area contributed by atoms with Gasteiger partial charge in [-0.1, -0.05) is 0 Å². The molecule has 4 nitrogen and oxygen atoms in total. The van der Waals surface area contributed by atoms with Gasteiger partial charge in [0.05, 0.1) is 12.2 Å². The highest BCUT2D eigenvalue weighted by Crippen LogP contribution is 2.09. The lowest BCUT2D eigenvalue weighted by Crippen LogP contribution is -2.58. The molecule has 0 aromatic rings. The van der Waals surface area contributed by atoms with Crippen LogP contribution in [0.1, 0.15) is 6.92 Å². The van der Waals surface area contributed by atoms with Gasteiger partial charge in [-0.05, 0) is 6.92 Å². The highest BCUT2D eigenvalue weighted by Gasteiger charge is 2.33. The van der Waals surface area contributed by atoms with Gasteiger partial charge in [-0.15, -0.1) is 0 Å². The zero-order valence-electron chi connectivity index (χ0n) is 5.86. The fourth-order valence-electron chi connectivity index (χ4n) is 1.07. The Morgan fingerprint density at radius 3 is 2.30 bits per heavy atom. The molecule has 0 aromatic carbocycles. The summed E-state index contributed by atoms with van der Waals surface area (Å²) in [5.41, 5.74) is 0. The fourth-order valence-corrected chi connectivity index (χ4v) is 1.07. The first-order valence-electron chi connectivity index (χ1n) is 3.40. The molecular weight excluding hydrogens is 134 g/mol. The zero-order valence-corrected chi connectivity index (χ0v) is 5.86. The normalized spacial score (nSPS) is 49.2. The summed E-state index contributed by atoms with van der Waals surface area (Å²) in [7, 11) is 0. The van der Waals surface area contributed by atoms with Crippen molar-refractivity contribution >= 4 is 0 Å². The third-order valence-corrected chi connectivity index (χ3v) is 1.91. The van der Waals surface area contributed by atoms with E-state index in [9.17, 15) is 0 Å². The smallest absolute Gasteiger partial charge is 0.108 e. The maximum atomic E-state index is 9.14. The molecule has 4 atom stereocenters. The number of piperidine rings is 1. The molecule has 0 aliphatic carbocycles. The molecule has 0 spiro atoms. The van der Waals surface area contributed by atoms with E-state index in [1.54, 1.807) is 6.92 Å². The van der Waals surface area contributed by atoms with E-state index in [1.807, 2.05) is 0 Å². The van der Waals surface area contributed by atoms with Crippen molar-refractivity contribution in [2.45, 2.75) is 31.3 Å². The first kappa shape index (κ1) is 7.94. The molecule has 1 fully saturated rings. The molecule has 4 heteroatoms. The Morgan fingerprint density at radius 2 is 1.80 bits per heavy atom. The predicted molar refractivity (Wildman–Crippen MR) is 35.5 cm³/mol. The van der Waals surface area contributed by atoms with E-state index >= 15 is 0 Å². The van der Waals surface area contributed by atoms with Gasteiger partial charge in [0.25, 0.3) is 0 Å². The number of nitrogens with one attached hydrogen (secondary N) is 1. The van der Waals surface area contributed by atoms with Crippen LogP contribution in [-0.4, -0.2) is 46.2 Å². The average Bonchev–Trinajstić information content (AvgIpc) is 1.93. The first-order valence-corrected chi connectivity index (χ1v) is 3.40. The van der Waals surface area contributed by atoms with Gasteiger partial charge < -0.3 is 20.6 Å². The molecule has 4 N–H and O–H groups in total. The number of β-amino-alcohol motifs (C(OH)–C–C–N with tert-alkyl or cyclic N) is 1. The van der Waals surface area contributed by atoms with E-state index in [0.29, 0.717) is 6.54 Å². The van der Waals surface area contributed by atoms with Crippen molar-refractivity contribution in [3.05, 3.63) is 0 Å². The highest BCUT2D eigenvalue weighted by atomic mass is 16.4. The fraction of sp³-hybridized carbons (Fsp3) is 1.00. The first-order chi connectivity index (χ1) is 4.63. The van der Waals surface area contributed by atoms with Crippen LogP contribution < -0.4 is 5.32 Å². The second-order valence-corrected chi connectivity index (χ2v) is 2.75. The number of rotatable bonds is 0. The summed E-state index contributed by atoms with van der Waals surface area (Å²) < 4.78 is 0. The third kappa shape index (κ3) is 1.29. The summed E-state index contributed by atoms with van der Waals surface area (Å²) in [6, 6.07) is -0.140. The second kappa shape index (κ2) is 2.84. The Balaban J connectivity index is 2.52. The van der Waals surface area contributed by atoms with Gasteiger partial charge in [0.1, 0.15) is 6.10 Å². The zero-order chi connectivity index (χ0) is 7.72. The Labute approximate surface area is 59.5 Å². The van der Waals surface area contributed by atoms with Crippen LogP contribution in [0.3, 0.4) is 0 Å². The topological polar surface area (TPSA) is 72.7 Å². The average molecular weight is 147 g/mol. The molecule has 1 rings (SSSR count). The maximum Gasteiger partial charge on any atom is 0.108 e. The largest absolute Gasteiger partial charge is 0.389 e. The lowest BCUT2D eigenvalue weighted by Gasteiger charge is -2.33. The van der Waals surface area contributed by atoms with Crippen LogP contribution in [0.25, 0.3) is 0 Å². The van der Waals surface area contributed by atoms with Gasteiger partial charge in [0, 0.05) is 12.6 Å². The molecule has 0 amide bonds. The minimum absolute atomic E-state index is 0.140. The maximum absolute atomic E-state index is 9.14. The predicted octanol–water partition coefficient (Wildman–Crippen LogP) is -1.94. The number of aliphatic hydroxyl groups excluding tert-OH is 3. The number of aliphatic hydroxyl groups is 3. The van der Waals surface area contributed by atoms with Crippen molar-refractivity contribution in [3.8, 4) is 0 Å². The molecule has 0 aromatic heterocycles. The summed E-state index contributed by atoms with van der Waals surface area (Å²) in [6.45, 7) is 2.11. The van der Waals surface area contributed by atoms with Crippen LogP contribution >= 0.6 is 0 Å². The Kier molecular flexibility index (Phi) is 2.25. The lowest BCUT2D eigenvalue weighted by atomic mass is 9.98. The van der Waals surface area contributed by atoms with E-state index in [0.717, 1.165) is 0 Å². The molecule has 0 bridgehead atoms. The van der Waals surface area contributed by atoms with Crippen LogP contribution in [0.2, 0.25) is 0 Å². The van der Waals surface area contributed by atoms with Gasteiger partial charge in [0.2, 0.25) is 0 Å². The molecule has 1 heterocycles. The van der Waals surface area contributed by atoms with E-state index in [2.05, 4.69) is 5.32 Å². The van der Waals surface area contributed by atoms with E-state index < -0.39 is 18.3 Å². The third-order valence-electron chi connectivity index (χ3n) is 1.91. The SMILES string of the molecule is CC1NC[C@H](O)[C@@H](O)[C@H]1O. The summed E-state index contributed by atoms with van der Waals surface area (Å²) in [4.78, 5) is 0. The van der Waals surface area contributed by atoms with Crippen molar-refractivity contribution in [1.82, 2.24) is 5.32 Å². The Morgan fingerprint density at radius 1 is 1.20 bits per heavy atom. The van der Waals surface area contributed by atoms with Gasteiger partial charge >= 0.3 is 0 Å². The van der Waals surface area contributed by atoms with Gasteiger partial charge in [0.15, 0.2) is 0 Å². The molecule has 1 aliphatic heterocycles. The summed E-state index contributed by atoms with van der Waals surface area (Å²) in [5, 5.41) is 30.1. The minimum atomic E-state index is -1.00. The molecule has 1 aliphatic rings. The van der Waals surface area contributed by atoms with Crippen LogP contribution in [0.15, 0.2) is 0 Å². The van der Waals surface area contributed by atoms with Gasteiger partial charge in [-0.2, -0.15) is 0 Å². The van der Waals surface area contributed by atoms with Crippen LogP contribution in [-0.2, 0) is 0 Å². The summed E-state index contributed by atoms with van der Waals surface area (Å²) in [6.07, 6.45) is -2.70. The second-order valence-electron chi connectivity index (χ2n) is 2.75. The molecule has 1 unspecified atom stereocenters. The van der Waals surface area contributed by atoms with Gasteiger partial charge in [-0.3, -0.25) is 0 Å². The number of hydrogen-bond acceptors (Lipinski definition) is 4. The van der Waals surface area contributed by atoms with Crippen molar-refractivity contribution in [2.24, 2.45) is 0 Å². The Hall–Kier alpha value is -0.160. The molecule has 60 valence electrons. The molecular formula is C6H13NO3. The molecule has 0 radical (unpaired) electrons. The van der Waals surface area contributed by atoms with Crippen LogP contribution in [0, 0.1) is 0 Å². The van der Waals surface area contributed by atoms with Crippen LogP contribution in [0.5, 0.6) is 0 Å². The lowest BCUT2D eigenvalue weighted by molar-refractivity contribution is -0.0910. The monoisotopic (exact) mass is 147 g/mol. The molecule has 1 saturated heterocycles. The molecule has 0 saturated carbocycles. The Bertz CT molecular complexity index is 106. The summed E-state index contributed by atoms with van der Waals surface area (Å²) >= 11 is 0. The summed E-state index contributed by atoms with van der Waals surface area (Å²) in [5.74, 6) is 0. The number of hydrogen-bond donors (Lipinski definition) is 4. The van der Waals surface area contributed by atoms with Crippen molar-refractivity contribution < 1.29 is 15.3 Å². The van der Waals surface area contributed by atoms with E-state index in [4.69, 9.17) is 15.3 Å². The van der Waals surface area contributed by atoms with E-state index in [1.165, 1.54) is 0 Å². The standard InChI is InChI=1S/C6H13NO3/c1-3-5(9)6(10)4(8)2-7-3/h3-10H,2H2,1H3/t3?,4-,5-,6+/m0/s1. The van der Waals surface area contributed by atoms with Crippen LogP contribution in [0.4, 0.5) is 0 Å². The minimum Gasteiger partial charge on any atom is -0.389 e. The van der Waals surface area contributed by atoms with Crippen molar-refractivity contribution in [2.75, 3.05) is 6.54 Å². The highest BCUT2D eigenvalue weighted by molar-refractivity contribution is 4.89. The molecule has 10 heavy (non-hydrogen) atoms. The van der Waals surface area contributed by atoms with Crippen molar-refractivity contribution in [1.29, 1.82) is 0 Å². The quantitative estimate of drug-likeness (QED) is 0.322. The van der Waals surface area contributed by atoms with Gasteiger partial charge in [-0.25, -0.2) is 0 Å². The van der Waals surface area contributed by atoms with E-state index in [-0.39, 0.29) is 6.04 Å².